The van der Waals surface area contributed by atoms with E-state index in [1.807, 2.05) is 31.3 Å². The minimum atomic E-state index is -3.17. The van der Waals surface area contributed by atoms with Gasteiger partial charge in [-0.2, -0.15) is 0 Å². The van der Waals surface area contributed by atoms with Crippen molar-refractivity contribution in [2.45, 2.75) is 64.3 Å². The van der Waals surface area contributed by atoms with Gasteiger partial charge in [0.1, 0.15) is 34.9 Å². The highest BCUT2D eigenvalue weighted by atomic mass is 19.1. The van der Waals surface area contributed by atoms with Crippen molar-refractivity contribution in [2.75, 3.05) is 103 Å². The van der Waals surface area contributed by atoms with Crippen LogP contribution < -0.4 is 20.4 Å². The van der Waals surface area contributed by atoms with Crippen molar-refractivity contribution < 1.29 is 51.7 Å². The van der Waals surface area contributed by atoms with E-state index < -0.39 is 79.8 Å². The van der Waals surface area contributed by atoms with Crippen molar-refractivity contribution in [1.29, 1.82) is 0 Å². The van der Waals surface area contributed by atoms with Gasteiger partial charge < -0.3 is 39.7 Å². The molecule has 6 aliphatic heterocycles. The molecule has 12 nitrogen and oxygen atoms in total. The summed E-state index contributed by atoms with van der Waals surface area (Å²) in [6.07, 6.45) is -5.82. The van der Waals surface area contributed by atoms with E-state index >= 15 is 0 Å². The molecule has 82 heavy (non-hydrogen) atoms. The second-order valence-electron chi connectivity index (χ2n) is 21.6. The van der Waals surface area contributed by atoms with Gasteiger partial charge in [-0.1, -0.05) is 24.3 Å². The molecule has 0 saturated carbocycles. The number of halogens is 4. The normalized spacial score (nSPS) is 22.4. The lowest BCUT2D eigenvalue weighted by atomic mass is 9.89. The molecule has 428 valence electrons. The maximum absolute atomic E-state index is 14.1. The number of nitrogens with zero attached hydrogens (tertiary/aromatic N) is 6. The number of aliphatic imine (C=N–C) groups is 2. The summed E-state index contributed by atoms with van der Waals surface area (Å²) in [6, 6.07) is 25.4. The topological polar surface area (TPSA) is 114 Å². The Balaban J connectivity index is 0.000000191. The summed E-state index contributed by atoms with van der Waals surface area (Å²) in [6.45, 7) is 2.42. The molecule has 16 heteroatoms. The molecule has 0 unspecified atom stereocenters. The van der Waals surface area contributed by atoms with Crippen molar-refractivity contribution in [3.63, 3.8) is 0 Å². The number of hydrogen-bond donors (Lipinski definition) is 2. The lowest BCUT2D eigenvalue weighted by Gasteiger charge is -2.34. The van der Waals surface area contributed by atoms with Gasteiger partial charge in [0.05, 0.1) is 19.9 Å². The van der Waals surface area contributed by atoms with Gasteiger partial charge in [0.25, 0.3) is 11.8 Å². The lowest BCUT2D eigenvalue weighted by Crippen LogP contribution is -2.44. The third-order valence-corrected chi connectivity index (χ3v) is 15.7. The Bertz CT molecular complexity index is 3850. The molecule has 0 radical (unpaired) electrons. The minimum Gasteiger partial charge on any atom is -0.381 e. The van der Waals surface area contributed by atoms with E-state index in [0.717, 1.165) is 118 Å². The highest BCUT2D eigenvalue weighted by molar-refractivity contribution is 6.15. The van der Waals surface area contributed by atoms with E-state index in [1.54, 1.807) is 42.5 Å². The number of anilines is 2. The van der Waals surface area contributed by atoms with Crippen LogP contribution in [0.2, 0.25) is 0 Å². The molecule has 2 N–H and O–H groups in total. The number of fused-ring (bicyclic) bond motifs is 2. The molecule has 6 heterocycles. The molecular formula is C66H72F4N8O4. The third-order valence-electron chi connectivity index (χ3n) is 15.7. The molecule has 0 aliphatic carbocycles. The van der Waals surface area contributed by atoms with Crippen LogP contribution in [0.15, 0.2) is 119 Å². The maximum Gasteiger partial charge on any atom is 0.257 e. The fourth-order valence-corrected chi connectivity index (χ4v) is 11.2. The van der Waals surface area contributed by atoms with Crippen LogP contribution in [-0.4, -0.2) is 126 Å². The van der Waals surface area contributed by atoms with Crippen molar-refractivity contribution in [1.82, 2.24) is 20.4 Å². The minimum absolute atomic E-state index is 0.0691. The van der Waals surface area contributed by atoms with Crippen LogP contribution in [0, 0.1) is 35.1 Å². The molecule has 0 atom stereocenters. The Morgan fingerprint density at radius 2 is 1.06 bits per heavy atom. The summed E-state index contributed by atoms with van der Waals surface area (Å²) in [4.78, 5) is 45.7. The fraction of sp³-hybridized carbons (Fsp3) is 0.394. The SMILES string of the molecule is [2H]C1([2H])OC([2H])([2H])C([2H])([2H])C(Cc2cc(N3CCN(C)CC3)ccc2C(=O)NC2=NCc3ccc(Cc4cc(F)cc(F)c4)cc32)C1([2H])[2H].[2H]c1c(F)cc(C([2H])([2H])c2ccc3c(c2)C(NC(=O)c2ccc(N4CCN(C)CC4)cc2CC2CCOCC2)=NC3)cc1F. The average molecular weight is 1130 g/mol. The number of benzene rings is 6. The number of carbonyl (C=O) groups excluding carboxylic acids is 2. The van der Waals surface area contributed by atoms with Crippen molar-refractivity contribution >= 4 is 34.9 Å². The Kier molecular flexibility index (Phi) is 14.0. The summed E-state index contributed by atoms with van der Waals surface area (Å²) >= 11 is 0. The predicted octanol–water partition coefficient (Wildman–Crippen LogP) is 9.93. The Morgan fingerprint density at radius 3 is 1.60 bits per heavy atom. The van der Waals surface area contributed by atoms with E-state index in [4.69, 9.17) is 24.6 Å². The second-order valence-corrected chi connectivity index (χ2v) is 21.6. The number of amidine groups is 2. The average Bonchev–Trinajstić information content (AvgIpc) is 1.66. The van der Waals surface area contributed by atoms with Gasteiger partial charge in [-0.15, -0.1) is 0 Å². The smallest absolute Gasteiger partial charge is 0.257 e. The Labute approximate surface area is 493 Å². The molecule has 6 aromatic carbocycles. The quantitative estimate of drug-likeness (QED) is 0.117. The first-order chi connectivity index (χ1) is 44.0. The lowest BCUT2D eigenvalue weighted by molar-refractivity contribution is 0.0663. The molecule has 4 fully saturated rings. The van der Waals surface area contributed by atoms with E-state index in [1.165, 1.54) is 12.1 Å². The molecule has 6 aliphatic rings. The van der Waals surface area contributed by atoms with Crippen LogP contribution in [0.4, 0.5) is 28.9 Å². The number of carbonyl (C=O) groups is 2. The summed E-state index contributed by atoms with van der Waals surface area (Å²) in [5, 5.41) is 5.80. The van der Waals surface area contributed by atoms with Crippen LogP contribution in [0.1, 0.15) is 117 Å². The fourth-order valence-electron chi connectivity index (χ4n) is 11.2. The Morgan fingerprint density at radius 1 is 0.573 bits per heavy atom. The zero-order valence-corrected chi connectivity index (χ0v) is 45.8. The largest absolute Gasteiger partial charge is 0.381 e. The van der Waals surface area contributed by atoms with Crippen LogP contribution in [0.25, 0.3) is 0 Å². The molecule has 0 aromatic heterocycles. The van der Waals surface area contributed by atoms with Gasteiger partial charge >= 0.3 is 0 Å². The van der Waals surface area contributed by atoms with Crippen LogP contribution >= 0.6 is 0 Å². The van der Waals surface area contributed by atoms with Crippen LogP contribution in [0.5, 0.6) is 0 Å². The molecule has 4 saturated heterocycles. The summed E-state index contributed by atoms with van der Waals surface area (Å²) in [7, 11) is 4.12. The molecule has 0 spiro atoms. The first-order valence-corrected chi connectivity index (χ1v) is 27.8. The molecular weight excluding hydrogens is 1040 g/mol. The first kappa shape index (κ1) is 44.4. The molecule has 0 bridgehead atoms. The first-order valence-electron chi connectivity index (χ1n) is 33.3. The van der Waals surface area contributed by atoms with E-state index in [0.29, 0.717) is 59.3 Å². The standard InChI is InChI=1S/2C33H36F2N4O2/c2*1-38-8-10-39(11-9-38)29-4-5-30(26(19-29)15-22-6-12-41-13-7-22)33(40)37-32-31-18-23(2-3-25(31)21-36-32)14-24-16-27(34)20-28(35)17-24/h2*2-5,16-20,22H,6-15,21H2,1H3,(H,36,37,40)/i6D2,7D2,12D2,13D2;14D2,20D. The summed E-state index contributed by atoms with van der Waals surface area (Å²) in [5.41, 5.74) is 7.58. The number of amides is 2. The molecule has 12 rings (SSSR count). The highest BCUT2D eigenvalue weighted by Crippen LogP contribution is 2.31. The van der Waals surface area contributed by atoms with Crippen LogP contribution in [0.3, 0.4) is 0 Å². The van der Waals surface area contributed by atoms with Gasteiger partial charge in [0.15, 0.2) is 0 Å². The van der Waals surface area contributed by atoms with Crippen molar-refractivity contribution in [2.24, 2.45) is 21.8 Å². The van der Waals surface area contributed by atoms with Crippen molar-refractivity contribution in [3.05, 3.63) is 199 Å². The summed E-state index contributed by atoms with van der Waals surface area (Å²) < 4.78 is 158. The highest BCUT2D eigenvalue weighted by Gasteiger charge is 2.27. The number of hydrogen-bond acceptors (Lipinski definition) is 10. The van der Waals surface area contributed by atoms with E-state index in [2.05, 4.69) is 53.3 Å². The number of ether oxygens (including phenoxy) is 2. The molecule has 2 amide bonds. The zero-order chi connectivity index (χ0) is 66.5. The second kappa shape index (κ2) is 25.9. The zero-order valence-electron chi connectivity index (χ0n) is 56.8. The number of rotatable bonds is 12. The number of piperazine rings is 2. The third kappa shape index (κ3) is 14.1. The summed E-state index contributed by atoms with van der Waals surface area (Å²) in [5.74, 6) is -5.41. The molecule has 6 aromatic rings. The van der Waals surface area contributed by atoms with Gasteiger partial charge in [-0.05, 0) is 194 Å². The van der Waals surface area contributed by atoms with E-state index in [-0.39, 0.29) is 47.0 Å². The van der Waals surface area contributed by atoms with Crippen molar-refractivity contribution in [3.8, 4) is 0 Å². The maximum atomic E-state index is 14.1. The van der Waals surface area contributed by atoms with Gasteiger partial charge in [0, 0.05) is 133 Å². The predicted molar refractivity (Wildman–Crippen MR) is 313 cm³/mol. The van der Waals surface area contributed by atoms with Gasteiger partial charge in [-0.3, -0.25) is 19.6 Å². The van der Waals surface area contributed by atoms with Gasteiger partial charge in [-0.25, -0.2) is 17.6 Å². The Hall–Kier alpha value is -7.24. The van der Waals surface area contributed by atoms with Crippen LogP contribution in [-0.2, 0) is 48.2 Å². The number of likely N-dealkylation sites (N-methyl/N-ethyl adjacent to an activating group) is 2. The number of nitrogens with one attached hydrogen (secondary N) is 2. The van der Waals surface area contributed by atoms with E-state index in [9.17, 15) is 27.2 Å². The monoisotopic (exact) mass is 1130 g/mol. The van der Waals surface area contributed by atoms with Gasteiger partial charge in [0.2, 0.25) is 0 Å².